The van der Waals surface area contributed by atoms with Gasteiger partial charge in [-0.15, -0.1) is 0 Å². The van der Waals surface area contributed by atoms with Crippen LogP contribution in [0.25, 0.3) is 6.08 Å². The van der Waals surface area contributed by atoms with Crippen molar-refractivity contribution in [2.45, 2.75) is 32.4 Å². The van der Waals surface area contributed by atoms with Gasteiger partial charge in [0, 0.05) is 17.8 Å². The lowest BCUT2D eigenvalue weighted by molar-refractivity contribution is -0.149. The molecule has 0 fully saturated rings. The van der Waals surface area contributed by atoms with Crippen LogP contribution >= 0.6 is 0 Å². The maximum atomic E-state index is 12.8. The van der Waals surface area contributed by atoms with E-state index in [-0.39, 0.29) is 11.9 Å². The predicted octanol–water partition coefficient (Wildman–Crippen LogP) is 3.62. The van der Waals surface area contributed by atoms with Gasteiger partial charge in [-0.1, -0.05) is 30.3 Å². The van der Waals surface area contributed by atoms with E-state index in [2.05, 4.69) is 0 Å². The summed E-state index contributed by atoms with van der Waals surface area (Å²) < 4.78 is 10.5. The minimum Gasteiger partial charge on any atom is -0.497 e. The first kappa shape index (κ1) is 18.7. The van der Waals surface area contributed by atoms with Crippen LogP contribution in [-0.4, -0.2) is 31.1 Å². The van der Waals surface area contributed by atoms with Gasteiger partial charge < -0.3 is 14.4 Å². The van der Waals surface area contributed by atoms with Gasteiger partial charge in [-0.05, 0) is 55.7 Å². The SMILES string of the molecule is COc1cccc(/C=C/C(=O)O[C@@H](C)C(=O)N2c3ccccc3C[C@@H]2C)c1. The molecule has 0 saturated carbocycles. The number of ether oxygens (including phenoxy) is 2. The Hall–Kier alpha value is -3.08. The average molecular weight is 365 g/mol. The number of hydrogen-bond acceptors (Lipinski definition) is 4. The maximum Gasteiger partial charge on any atom is 0.331 e. The topological polar surface area (TPSA) is 55.8 Å². The Morgan fingerprint density at radius 2 is 1.96 bits per heavy atom. The van der Waals surface area contributed by atoms with Gasteiger partial charge in [0.05, 0.1) is 7.11 Å². The van der Waals surface area contributed by atoms with Crippen molar-refractivity contribution in [2.75, 3.05) is 12.0 Å². The summed E-state index contributed by atoms with van der Waals surface area (Å²) in [6.07, 6.45) is 2.90. The summed E-state index contributed by atoms with van der Waals surface area (Å²) in [5, 5.41) is 0. The van der Waals surface area contributed by atoms with E-state index in [1.54, 1.807) is 31.1 Å². The number of hydrogen-bond donors (Lipinski definition) is 0. The fourth-order valence-electron chi connectivity index (χ4n) is 3.27. The van der Waals surface area contributed by atoms with Gasteiger partial charge in [0.1, 0.15) is 5.75 Å². The maximum absolute atomic E-state index is 12.8. The summed E-state index contributed by atoms with van der Waals surface area (Å²) in [5.41, 5.74) is 2.84. The van der Waals surface area contributed by atoms with Crippen LogP contribution in [0.5, 0.6) is 5.75 Å². The number of benzene rings is 2. The highest BCUT2D eigenvalue weighted by molar-refractivity contribution is 6.00. The number of rotatable bonds is 5. The lowest BCUT2D eigenvalue weighted by Crippen LogP contribution is -2.43. The first-order valence-electron chi connectivity index (χ1n) is 8.93. The monoisotopic (exact) mass is 365 g/mol. The number of nitrogens with zero attached hydrogens (tertiary/aromatic N) is 1. The van der Waals surface area contributed by atoms with E-state index in [4.69, 9.17) is 9.47 Å². The fraction of sp³-hybridized carbons (Fsp3) is 0.273. The quantitative estimate of drug-likeness (QED) is 0.600. The molecule has 5 heteroatoms. The highest BCUT2D eigenvalue weighted by atomic mass is 16.5. The van der Waals surface area contributed by atoms with Gasteiger partial charge in [0.2, 0.25) is 0 Å². The Bertz CT molecular complexity index is 874. The lowest BCUT2D eigenvalue weighted by Gasteiger charge is -2.25. The van der Waals surface area contributed by atoms with Crippen molar-refractivity contribution in [1.82, 2.24) is 0 Å². The molecule has 1 aliphatic heterocycles. The molecule has 1 aliphatic rings. The molecule has 2 atom stereocenters. The minimum absolute atomic E-state index is 0.0448. The zero-order valence-corrected chi connectivity index (χ0v) is 15.7. The fourth-order valence-corrected chi connectivity index (χ4v) is 3.27. The largest absolute Gasteiger partial charge is 0.497 e. The summed E-state index contributed by atoms with van der Waals surface area (Å²) >= 11 is 0. The van der Waals surface area contributed by atoms with E-state index in [0.29, 0.717) is 5.75 Å². The highest BCUT2D eigenvalue weighted by Gasteiger charge is 2.34. The van der Waals surface area contributed by atoms with Crippen LogP contribution in [0.4, 0.5) is 5.69 Å². The Labute approximate surface area is 159 Å². The molecule has 0 bridgehead atoms. The second-order valence-electron chi connectivity index (χ2n) is 6.58. The third-order valence-corrected chi connectivity index (χ3v) is 4.59. The van der Waals surface area contributed by atoms with Crippen LogP contribution in [0.3, 0.4) is 0 Å². The van der Waals surface area contributed by atoms with E-state index in [1.807, 2.05) is 49.4 Å². The number of carbonyl (C=O) groups excluding carboxylic acids is 2. The van der Waals surface area contributed by atoms with Crippen molar-refractivity contribution in [3.8, 4) is 5.75 Å². The van der Waals surface area contributed by atoms with E-state index >= 15 is 0 Å². The number of anilines is 1. The molecule has 1 heterocycles. The molecule has 2 aromatic rings. The normalized spacial score (nSPS) is 16.9. The molecule has 0 aromatic heterocycles. The van der Waals surface area contributed by atoms with Gasteiger partial charge in [0.25, 0.3) is 5.91 Å². The van der Waals surface area contributed by atoms with Gasteiger partial charge in [0.15, 0.2) is 6.10 Å². The van der Waals surface area contributed by atoms with Gasteiger partial charge in [-0.2, -0.15) is 0 Å². The summed E-state index contributed by atoms with van der Waals surface area (Å²) in [6.45, 7) is 3.60. The molecule has 0 aliphatic carbocycles. The van der Waals surface area contributed by atoms with Crippen LogP contribution < -0.4 is 9.64 Å². The van der Waals surface area contributed by atoms with Gasteiger partial charge in [-0.3, -0.25) is 4.79 Å². The molecule has 27 heavy (non-hydrogen) atoms. The van der Waals surface area contributed by atoms with E-state index < -0.39 is 12.1 Å². The molecule has 3 rings (SSSR count). The van der Waals surface area contributed by atoms with Crippen molar-refractivity contribution in [2.24, 2.45) is 0 Å². The van der Waals surface area contributed by atoms with Gasteiger partial charge in [-0.25, -0.2) is 4.79 Å². The molecule has 0 unspecified atom stereocenters. The number of methoxy groups -OCH3 is 1. The molecule has 140 valence electrons. The highest BCUT2D eigenvalue weighted by Crippen LogP contribution is 2.32. The Morgan fingerprint density at radius 1 is 1.19 bits per heavy atom. The van der Waals surface area contributed by atoms with Crippen molar-refractivity contribution in [3.63, 3.8) is 0 Å². The van der Waals surface area contributed by atoms with Crippen molar-refractivity contribution < 1.29 is 19.1 Å². The van der Waals surface area contributed by atoms with Crippen molar-refractivity contribution >= 4 is 23.6 Å². The number of carbonyl (C=O) groups is 2. The molecule has 0 spiro atoms. The van der Waals surface area contributed by atoms with Crippen LogP contribution in [0.1, 0.15) is 25.0 Å². The standard InChI is InChI=1S/C22H23NO4/c1-15-13-18-8-4-5-10-20(18)23(15)22(25)16(2)27-21(24)12-11-17-7-6-9-19(14-17)26-3/h4-12,14-16H,13H2,1-3H3/b12-11+/t15-,16-/m0/s1. The van der Waals surface area contributed by atoms with Crippen LogP contribution in [0.15, 0.2) is 54.6 Å². The van der Waals surface area contributed by atoms with Gasteiger partial charge >= 0.3 is 5.97 Å². The number of para-hydroxylation sites is 1. The summed E-state index contributed by atoms with van der Waals surface area (Å²) in [7, 11) is 1.59. The Morgan fingerprint density at radius 3 is 2.74 bits per heavy atom. The number of esters is 1. The number of amides is 1. The van der Waals surface area contributed by atoms with Crippen LogP contribution in [-0.2, 0) is 20.7 Å². The molecule has 1 amide bonds. The zero-order chi connectivity index (χ0) is 19.4. The molecule has 2 aromatic carbocycles. The zero-order valence-electron chi connectivity index (χ0n) is 15.7. The number of fused-ring (bicyclic) bond motifs is 1. The summed E-state index contributed by atoms with van der Waals surface area (Å²) in [5.74, 6) is -0.0647. The summed E-state index contributed by atoms with van der Waals surface area (Å²) in [6, 6.07) is 15.2. The predicted molar refractivity (Wildman–Crippen MR) is 105 cm³/mol. The van der Waals surface area contributed by atoms with E-state index in [9.17, 15) is 9.59 Å². The van der Waals surface area contributed by atoms with Crippen molar-refractivity contribution in [3.05, 3.63) is 65.7 Å². The van der Waals surface area contributed by atoms with E-state index in [0.717, 1.165) is 23.2 Å². The molecule has 5 nitrogen and oxygen atoms in total. The Kier molecular flexibility index (Phi) is 5.60. The summed E-state index contributed by atoms with van der Waals surface area (Å²) in [4.78, 5) is 26.7. The van der Waals surface area contributed by atoms with Crippen LogP contribution in [0, 0.1) is 0 Å². The molecule has 0 N–H and O–H groups in total. The van der Waals surface area contributed by atoms with Crippen LogP contribution in [0.2, 0.25) is 0 Å². The smallest absolute Gasteiger partial charge is 0.331 e. The first-order chi connectivity index (χ1) is 13.0. The van der Waals surface area contributed by atoms with Crippen molar-refractivity contribution in [1.29, 1.82) is 0 Å². The first-order valence-corrected chi connectivity index (χ1v) is 8.93. The third kappa shape index (κ3) is 4.19. The molecular formula is C22H23NO4. The second-order valence-corrected chi connectivity index (χ2v) is 6.58. The molecule has 0 radical (unpaired) electrons. The lowest BCUT2D eigenvalue weighted by atomic mass is 10.1. The Balaban J connectivity index is 1.64. The molecular weight excluding hydrogens is 342 g/mol. The molecule has 0 saturated heterocycles. The van der Waals surface area contributed by atoms with E-state index in [1.165, 1.54) is 6.08 Å². The minimum atomic E-state index is -0.860. The average Bonchev–Trinajstić information content (AvgIpc) is 3.01. The second kappa shape index (κ2) is 8.08. The third-order valence-electron chi connectivity index (χ3n) is 4.59.